The number of likely N-dealkylation sites (tertiary alicyclic amines) is 1. The molecule has 0 amide bonds. The molecule has 3 heteroatoms. The highest BCUT2D eigenvalue weighted by atomic mass is 16.5. The molecule has 0 aromatic heterocycles. The zero-order valence-corrected chi connectivity index (χ0v) is 15.4. The molecule has 1 N–H and O–H groups in total. The number of nitrogens with one attached hydrogen (secondary N) is 1. The standard InChI is InChI=1S/C22H30N2O/c1-24-15-7-6-10-22(24)21(16-18-8-4-3-5-9-18)23-17-19-11-13-20(25-2)14-12-19/h3-5,8-9,11-14,21-23H,6-7,10,15-17H2,1-2H3. The first kappa shape index (κ1) is 18.0. The van der Waals surface area contributed by atoms with Crippen LogP contribution in [0.15, 0.2) is 54.6 Å². The van der Waals surface area contributed by atoms with Gasteiger partial charge in [-0.25, -0.2) is 0 Å². The molecule has 0 spiro atoms. The Hall–Kier alpha value is -1.84. The highest BCUT2D eigenvalue weighted by Crippen LogP contribution is 2.21. The van der Waals surface area contributed by atoms with Gasteiger partial charge in [-0.05, 0) is 56.1 Å². The highest BCUT2D eigenvalue weighted by molar-refractivity contribution is 5.27. The third-order valence-corrected chi connectivity index (χ3v) is 5.32. The van der Waals surface area contributed by atoms with Crippen molar-refractivity contribution in [2.75, 3.05) is 20.7 Å². The summed E-state index contributed by atoms with van der Waals surface area (Å²) in [6.07, 6.45) is 5.02. The second kappa shape index (κ2) is 9.02. The van der Waals surface area contributed by atoms with Gasteiger partial charge in [-0.15, -0.1) is 0 Å². The summed E-state index contributed by atoms with van der Waals surface area (Å²) in [6.45, 7) is 2.10. The molecule has 1 aliphatic rings. The zero-order valence-electron chi connectivity index (χ0n) is 15.4. The molecule has 1 aliphatic heterocycles. The van der Waals surface area contributed by atoms with Gasteiger partial charge < -0.3 is 15.0 Å². The van der Waals surface area contributed by atoms with Crippen molar-refractivity contribution in [2.24, 2.45) is 0 Å². The molecular formula is C22H30N2O. The lowest BCUT2D eigenvalue weighted by Crippen LogP contribution is -2.51. The first-order chi connectivity index (χ1) is 12.3. The predicted octanol–water partition coefficient (Wildman–Crippen LogP) is 3.88. The Kier molecular flexibility index (Phi) is 6.48. The van der Waals surface area contributed by atoms with Gasteiger partial charge in [0.25, 0.3) is 0 Å². The molecule has 1 fully saturated rings. The molecule has 3 nitrogen and oxygen atoms in total. The van der Waals surface area contributed by atoms with Crippen molar-refractivity contribution in [2.45, 2.75) is 44.3 Å². The zero-order chi connectivity index (χ0) is 17.5. The summed E-state index contributed by atoms with van der Waals surface area (Å²) in [7, 11) is 3.99. The van der Waals surface area contributed by atoms with E-state index >= 15 is 0 Å². The molecule has 2 unspecified atom stereocenters. The summed E-state index contributed by atoms with van der Waals surface area (Å²) in [6, 6.07) is 20.3. The fourth-order valence-corrected chi connectivity index (χ4v) is 3.81. The Bertz CT molecular complexity index is 626. The van der Waals surface area contributed by atoms with Crippen LogP contribution < -0.4 is 10.1 Å². The van der Waals surface area contributed by atoms with Crippen LogP contribution in [-0.4, -0.2) is 37.7 Å². The molecule has 2 atom stereocenters. The first-order valence-electron chi connectivity index (χ1n) is 9.37. The van der Waals surface area contributed by atoms with E-state index in [4.69, 9.17) is 4.74 Å². The van der Waals surface area contributed by atoms with E-state index in [1.165, 1.54) is 36.9 Å². The van der Waals surface area contributed by atoms with Crippen LogP contribution in [0.5, 0.6) is 5.75 Å². The topological polar surface area (TPSA) is 24.5 Å². The molecule has 2 aromatic carbocycles. The average molecular weight is 338 g/mol. The van der Waals surface area contributed by atoms with Crippen molar-refractivity contribution < 1.29 is 4.74 Å². The van der Waals surface area contributed by atoms with E-state index < -0.39 is 0 Å². The lowest BCUT2D eigenvalue weighted by Gasteiger charge is -2.39. The molecular weight excluding hydrogens is 308 g/mol. The van der Waals surface area contributed by atoms with Gasteiger partial charge in [0.1, 0.15) is 5.75 Å². The normalized spacial score (nSPS) is 19.5. The van der Waals surface area contributed by atoms with Gasteiger partial charge in [-0.1, -0.05) is 48.9 Å². The van der Waals surface area contributed by atoms with E-state index in [9.17, 15) is 0 Å². The quantitative estimate of drug-likeness (QED) is 0.829. The summed E-state index contributed by atoms with van der Waals surface area (Å²) < 4.78 is 5.26. The van der Waals surface area contributed by atoms with E-state index in [1.54, 1.807) is 7.11 Å². The Morgan fingerprint density at radius 3 is 2.48 bits per heavy atom. The second-order valence-electron chi connectivity index (χ2n) is 7.07. The Morgan fingerprint density at radius 1 is 1.04 bits per heavy atom. The lowest BCUT2D eigenvalue weighted by molar-refractivity contribution is 0.143. The summed E-state index contributed by atoms with van der Waals surface area (Å²) >= 11 is 0. The van der Waals surface area contributed by atoms with Gasteiger partial charge >= 0.3 is 0 Å². The fraction of sp³-hybridized carbons (Fsp3) is 0.455. The minimum absolute atomic E-state index is 0.467. The Morgan fingerprint density at radius 2 is 1.80 bits per heavy atom. The van der Waals surface area contributed by atoms with Crippen molar-refractivity contribution >= 4 is 0 Å². The smallest absolute Gasteiger partial charge is 0.118 e. The van der Waals surface area contributed by atoms with Gasteiger partial charge in [0, 0.05) is 18.6 Å². The van der Waals surface area contributed by atoms with E-state index in [2.05, 4.69) is 59.7 Å². The largest absolute Gasteiger partial charge is 0.497 e. The van der Waals surface area contributed by atoms with Crippen molar-refractivity contribution in [3.63, 3.8) is 0 Å². The monoisotopic (exact) mass is 338 g/mol. The number of piperidine rings is 1. The lowest BCUT2D eigenvalue weighted by atomic mass is 9.91. The fourth-order valence-electron chi connectivity index (χ4n) is 3.81. The Labute approximate surface area is 152 Å². The van der Waals surface area contributed by atoms with E-state index in [0.29, 0.717) is 12.1 Å². The van der Waals surface area contributed by atoms with Crippen LogP contribution in [-0.2, 0) is 13.0 Å². The molecule has 2 aromatic rings. The van der Waals surface area contributed by atoms with Gasteiger partial charge in [0.05, 0.1) is 7.11 Å². The number of hydrogen-bond acceptors (Lipinski definition) is 3. The first-order valence-corrected chi connectivity index (χ1v) is 9.37. The number of nitrogens with zero attached hydrogens (tertiary/aromatic N) is 1. The van der Waals surface area contributed by atoms with Crippen molar-refractivity contribution in [1.29, 1.82) is 0 Å². The number of hydrogen-bond donors (Lipinski definition) is 1. The van der Waals surface area contributed by atoms with Gasteiger partial charge in [-0.2, -0.15) is 0 Å². The molecule has 0 saturated carbocycles. The maximum absolute atomic E-state index is 5.26. The minimum Gasteiger partial charge on any atom is -0.497 e. The Balaban J connectivity index is 1.68. The van der Waals surface area contributed by atoms with Crippen molar-refractivity contribution in [3.05, 3.63) is 65.7 Å². The number of benzene rings is 2. The summed E-state index contributed by atoms with van der Waals surface area (Å²) in [5.74, 6) is 0.914. The predicted molar refractivity (Wildman–Crippen MR) is 104 cm³/mol. The summed E-state index contributed by atoms with van der Waals surface area (Å²) in [5.41, 5.74) is 2.71. The molecule has 25 heavy (non-hydrogen) atoms. The van der Waals surface area contributed by atoms with Gasteiger partial charge in [-0.3, -0.25) is 0 Å². The molecule has 1 heterocycles. The maximum atomic E-state index is 5.26. The van der Waals surface area contributed by atoms with Crippen molar-refractivity contribution in [1.82, 2.24) is 10.2 Å². The number of likely N-dealkylation sites (N-methyl/N-ethyl adjacent to an activating group) is 1. The van der Waals surface area contributed by atoms with Crippen molar-refractivity contribution in [3.8, 4) is 5.75 Å². The van der Waals surface area contributed by atoms with E-state index in [-0.39, 0.29) is 0 Å². The molecule has 0 bridgehead atoms. The SMILES string of the molecule is COc1ccc(CNC(Cc2ccccc2)C2CCCCN2C)cc1. The van der Waals surface area contributed by atoms with Crippen LogP contribution in [0, 0.1) is 0 Å². The second-order valence-corrected chi connectivity index (χ2v) is 7.07. The van der Waals surface area contributed by atoms with Crippen LogP contribution in [0.2, 0.25) is 0 Å². The average Bonchev–Trinajstić information content (AvgIpc) is 2.67. The van der Waals surface area contributed by atoms with Crippen LogP contribution in [0.25, 0.3) is 0 Å². The van der Waals surface area contributed by atoms with Crippen LogP contribution in [0.3, 0.4) is 0 Å². The molecule has 1 saturated heterocycles. The number of ether oxygens (including phenoxy) is 1. The summed E-state index contributed by atoms with van der Waals surface area (Å²) in [5, 5.41) is 3.84. The maximum Gasteiger partial charge on any atom is 0.118 e. The third-order valence-electron chi connectivity index (χ3n) is 5.32. The number of methoxy groups -OCH3 is 1. The van der Waals surface area contributed by atoms with Gasteiger partial charge in [0.2, 0.25) is 0 Å². The number of rotatable bonds is 7. The van der Waals surface area contributed by atoms with E-state index in [1.807, 2.05) is 12.1 Å². The molecule has 0 radical (unpaired) electrons. The molecule has 134 valence electrons. The minimum atomic E-state index is 0.467. The van der Waals surface area contributed by atoms with Crippen LogP contribution >= 0.6 is 0 Å². The molecule has 3 rings (SSSR count). The molecule has 0 aliphatic carbocycles. The van der Waals surface area contributed by atoms with Crippen LogP contribution in [0.1, 0.15) is 30.4 Å². The van der Waals surface area contributed by atoms with Gasteiger partial charge in [0.15, 0.2) is 0 Å². The van der Waals surface area contributed by atoms with E-state index in [0.717, 1.165) is 18.7 Å². The third kappa shape index (κ3) is 5.07. The van der Waals surface area contributed by atoms with Crippen LogP contribution in [0.4, 0.5) is 0 Å². The summed E-state index contributed by atoms with van der Waals surface area (Å²) in [4.78, 5) is 2.54. The highest BCUT2D eigenvalue weighted by Gasteiger charge is 2.27.